The molecule has 0 radical (unpaired) electrons. The monoisotopic (exact) mass is 475 g/mol. The number of carbonyl (C=O) groups is 2. The molecule has 1 aromatic carbocycles. The number of imidazole rings is 1. The maximum Gasteiger partial charge on any atom is 0.254 e. The number of piperazine rings is 1. The number of rotatable bonds is 6. The highest BCUT2D eigenvalue weighted by Crippen LogP contribution is 2.18. The van der Waals surface area contributed by atoms with E-state index in [1.165, 1.54) is 12.8 Å². The van der Waals surface area contributed by atoms with Gasteiger partial charge in [-0.3, -0.25) is 14.5 Å². The number of likely N-dealkylation sites (tertiary alicyclic amines) is 1. The number of hydrogen-bond acceptors (Lipinski definition) is 5. The van der Waals surface area contributed by atoms with Crippen molar-refractivity contribution in [3.05, 3.63) is 66.1 Å². The van der Waals surface area contributed by atoms with E-state index in [-0.39, 0.29) is 11.8 Å². The second-order valence-electron chi connectivity index (χ2n) is 9.38. The smallest absolute Gasteiger partial charge is 0.254 e. The van der Waals surface area contributed by atoms with Gasteiger partial charge in [-0.2, -0.15) is 0 Å². The number of nitrogens with zero attached hydrogens (tertiary/aromatic N) is 5. The van der Waals surface area contributed by atoms with Crippen molar-refractivity contribution >= 4 is 17.5 Å². The van der Waals surface area contributed by atoms with Crippen molar-refractivity contribution in [3.8, 4) is 5.75 Å². The van der Waals surface area contributed by atoms with Crippen LogP contribution in [0.3, 0.4) is 0 Å². The highest BCUT2D eigenvalue weighted by molar-refractivity contribution is 5.94. The summed E-state index contributed by atoms with van der Waals surface area (Å²) in [5, 5.41) is 0. The molecule has 2 aliphatic heterocycles. The minimum Gasteiger partial charge on any atom is -0.487 e. The van der Waals surface area contributed by atoms with E-state index in [0.717, 1.165) is 50.4 Å². The van der Waals surface area contributed by atoms with E-state index in [1.54, 1.807) is 6.07 Å². The van der Waals surface area contributed by atoms with Crippen molar-refractivity contribution in [1.82, 2.24) is 24.1 Å². The number of benzene rings is 1. The lowest BCUT2D eigenvalue weighted by Gasteiger charge is -2.35. The Balaban J connectivity index is 1.12. The molecule has 0 saturated carbocycles. The second-order valence-corrected chi connectivity index (χ2v) is 9.38. The molecule has 0 atom stereocenters. The predicted molar refractivity (Wildman–Crippen MR) is 133 cm³/mol. The average Bonchev–Trinajstić information content (AvgIpc) is 3.11. The lowest BCUT2D eigenvalue weighted by Crippen LogP contribution is -2.51. The van der Waals surface area contributed by atoms with Crippen LogP contribution in [0.25, 0.3) is 5.65 Å². The van der Waals surface area contributed by atoms with Gasteiger partial charge in [0.1, 0.15) is 18.0 Å². The summed E-state index contributed by atoms with van der Waals surface area (Å²) in [7, 11) is 0. The van der Waals surface area contributed by atoms with Crippen LogP contribution in [0.2, 0.25) is 0 Å². The number of carbonyl (C=O) groups excluding carboxylic acids is 2. The summed E-state index contributed by atoms with van der Waals surface area (Å²) < 4.78 is 7.89. The van der Waals surface area contributed by atoms with Crippen LogP contribution in [0.15, 0.2) is 54.9 Å². The first-order chi connectivity index (χ1) is 17.2. The fourth-order valence-electron chi connectivity index (χ4n) is 4.84. The summed E-state index contributed by atoms with van der Waals surface area (Å²) in [6.07, 6.45) is 8.55. The molecule has 2 fully saturated rings. The number of hydrogen-bond donors (Lipinski definition) is 0. The Hall–Kier alpha value is -3.39. The van der Waals surface area contributed by atoms with E-state index in [2.05, 4.69) is 9.88 Å². The van der Waals surface area contributed by atoms with Gasteiger partial charge >= 0.3 is 0 Å². The molecule has 2 aliphatic rings. The molecule has 0 bridgehead atoms. The molecule has 8 heteroatoms. The van der Waals surface area contributed by atoms with Crippen molar-refractivity contribution < 1.29 is 14.3 Å². The van der Waals surface area contributed by atoms with Gasteiger partial charge in [0.05, 0.1) is 12.2 Å². The maximum absolute atomic E-state index is 13.1. The molecule has 4 heterocycles. The van der Waals surface area contributed by atoms with Crippen molar-refractivity contribution in [2.24, 2.45) is 0 Å². The Morgan fingerprint density at radius 2 is 1.66 bits per heavy atom. The maximum atomic E-state index is 13.1. The average molecular weight is 476 g/mol. The third-order valence-corrected chi connectivity index (χ3v) is 6.86. The Bertz CT molecular complexity index is 1130. The Morgan fingerprint density at radius 1 is 0.857 bits per heavy atom. The highest BCUT2D eigenvalue weighted by atomic mass is 16.5. The van der Waals surface area contributed by atoms with Crippen LogP contribution >= 0.6 is 0 Å². The lowest BCUT2D eigenvalue weighted by molar-refractivity contribution is -0.132. The molecule has 184 valence electrons. The van der Waals surface area contributed by atoms with Gasteiger partial charge in [-0.25, -0.2) is 4.98 Å². The Morgan fingerprint density at radius 3 is 2.43 bits per heavy atom. The van der Waals surface area contributed by atoms with E-state index >= 15 is 0 Å². The first-order valence-corrected chi connectivity index (χ1v) is 12.6. The van der Waals surface area contributed by atoms with Gasteiger partial charge in [-0.1, -0.05) is 25.0 Å². The zero-order valence-electron chi connectivity index (χ0n) is 20.1. The summed E-state index contributed by atoms with van der Waals surface area (Å²) >= 11 is 0. The molecule has 2 amide bonds. The molecule has 0 N–H and O–H groups in total. The van der Waals surface area contributed by atoms with Gasteiger partial charge in [0, 0.05) is 57.2 Å². The summed E-state index contributed by atoms with van der Waals surface area (Å²) in [5.41, 5.74) is 2.33. The first-order valence-electron chi connectivity index (χ1n) is 12.6. The molecule has 5 rings (SSSR count). The minimum absolute atomic E-state index is 0.00155. The van der Waals surface area contributed by atoms with Crippen LogP contribution < -0.4 is 4.74 Å². The molecule has 0 unspecified atom stereocenters. The van der Waals surface area contributed by atoms with E-state index in [9.17, 15) is 9.59 Å². The van der Waals surface area contributed by atoms with Crippen LogP contribution in [0, 0.1) is 0 Å². The van der Waals surface area contributed by atoms with Gasteiger partial charge < -0.3 is 18.9 Å². The molecule has 8 nitrogen and oxygen atoms in total. The second kappa shape index (κ2) is 10.9. The van der Waals surface area contributed by atoms with Gasteiger partial charge in [0.2, 0.25) is 5.91 Å². The van der Waals surface area contributed by atoms with Crippen LogP contribution in [0.5, 0.6) is 5.75 Å². The van der Waals surface area contributed by atoms with Crippen LogP contribution in [0.1, 0.15) is 41.7 Å². The molecule has 0 aliphatic carbocycles. The molecule has 2 aromatic heterocycles. The summed E-state index contributed by atoms with van der Waals surface area (Å²) in [6.45, 7) is 5.23. The van der Waals surface area contributed by atoms with Crippen LogP contribution in [-0.2, 0) is 11.4 Å². The van der Waals surface area contributed by atoms with E-state index < -0.39 is 0 Å². The largest absolute Gasteiger partial charge is 0.487 e. The topological polar surface area (TPSA) is 70.4 Å². The lowest BCUT2D eigenvalue weighted by atomic mass is 10.1. The number of fused-ring (bicyclic) bond motifs is 1. The van der Waals surface area contributed by atoms with Crippen molar-refractivity contribution in [2.45, 2.75) is 32.3 Å². The quantitative estimate of drug-likeness (QED) is 0.548. The standard InChI is InChI=1S/C27H33N5O3/c33-26(30-11-4-1-2-5-12-30)20-29-14-16-31(17-15-29)27(34)22-8-7-9-24(18-22)35-21-23-19-32-13-6-3-10-25(32)28-23/h3,6-10,13,18-19H,1-2,4-5,11-12,14-17,20-21H2. The van der Waals surface area contributed by atoms with Crippen molar-refractivity contribution in [1.29, 1.82) is 0 Å². The zero-order valence-corrected chi connectivity index (χ0v) is 20.1. The Kier molecular flexibility index (Phi) is 7.28. The molecular weight excluding hydrogens is 442 g/mol. The third-order valence-electron chi connectivity index (χ3n) is 6.86. The molecule has 0 spiro atoms. The first kappa shape index (κ1) is 23.4. The SMILES string of the molecule is O=C(CN1CCN(C(=O)c2cccc(OCc3cn4ccccc4n3)c2)CC1)N1CCCCCC1. The third kappa shape index (κ3) is 5.82. The number of amides is 2. The number of ether oxygens (including phenoxy) is 1. The van der Waals surface area contributed by atoms with Gasteiger partial charge in [-0.15, -0.1) is 0 Å². The van der Waals surface area contributed by atoms with Crippen LogP contribution in [-0.4, -0.2) is 81.7 Å². The predicted octanol–water partition coefficient (Wildman–Crippen LogP) is 3.07. The minimum atomic E-state index is 0.00155. The van der Waals surface area contributed by atoms with E-state index in [4.69, 9.17) is 4.74 Å². The molecule has 3 aromatic rings. The summed E-state index contributed by atoms with van der Waals surface area (Å²) in [6, 6.07) is 13.2. The molecular formula is C27H33N5O3. The molecule has 2 saturated heterocycles. The number of aromatic nitrogens is 2. The van der Waals surface area contributed by atoms with E-state index in [1.807, 2.05) is 63.0 Å². The number of pyridine rings is 1. The fraction of sp³-hybridized carbons (Fsp3) is 0.444. The highest BCUT2D eigenvalue weighted by Gasteiger charge is 2.25. The van der Waals surface area contributed by atoms with Gasteiger partial charge in [-0.05, 0) is 43.2 Å². The summed E-state index contributed by atoms with van der Waals surface area (Å²) in [4.78, 5) is 36.4. The van der Waals surface area contributed by atoms with Crippen molar-refractivity contribution in [3.63, 3.8) is 0 Å². The van der Waals surface area contributed by atoms with Crippen molar-refractivity contribution in [2.75, 3.05) is 45.8 Å². The summed E-state index contributed by atoms with van der Waals surface area (Å²) in [5.74, 6) is 0.874. The van der Waals surface area contributed by atoms with Crippen LogP contribution in [0.4, 0.5) is 0 Å². The Labute approximate surface area is 206 Å². The molecule has 35 heavy (non-hydrogen) atoms. The normalized spacial score (nSPS) is 17.4. The zero-order chi connectivity index (χ0) is 24.0. The van der Waals surface area contributed by atoms with Gasteiger partial charge in [0.25, 0.3) is 5.91 Å². The van der Waals surface area contributed by atoms with E-state index in [0.29, 0.717) is 37.6 Å². The van der Waals surface area contributed by atoms with Gasteiger partial charge in [0.15, 0.2) is 0 Å². The fourth-order valence-corrected chi connectivity index (χ4v) is 4.84.